The van der Waals surface area contributed by atoms with Crippen molar-refractivity contribution in [1.29, 1.82) is 0 Å². The summed E-state index contributed by atoms with van der Waals surface area (Å²) in [7, 11) is 1.26. The predicted molar refractivity (Wildman–Crippen MR) is 93.6 cm³/mol. The van der Waals surface area contributed by atoms with E-state index in [0.717, 1.165) is 12.8 Å². The summed E-state index contributed by atoms with van der Waals surface area (Å²) in [5, 5.41) is 0. The lowest BCUT2D eigenvalue weighted by atomic mass is 10.1. The van der Waals surface area contributed by atoms with Crippen molar-refractivity contribution in [2.45, 2.75) is 19.5 Å². The lowest BCUT2D eigenvalue weighted by Gasteiger charge is -2.12. The zero-order valence-electron chi connectivity index (χ0n) is 14.6. The quantitative estimate of drug-likeness (QED) is 0.652. The number of halogens is 2. The van der Waals surface area contributed by atoms with Crippen molar-refractivity contribution in [3.05, 3.63) is 47.5 Å². The Morgan fingerprint density at radius 3 is 2.78 bits per heavy atom. The van der Waals surface area contributed by atoms with Crippen molar-refractivity contribution in [2.75, 3.05) is 13.7 Å². The van der Waals surface area contributed by atoms with Gasteiger partial charge in [-0.2, -0.15) is 8.78 Å². The fourth-order valence-electron chi connectivity index (χ4n) is 2.27. The standard InChI is InChI=1S/C19H18F2N2O4/c1-25-18(24)15-10-22-9-14(23-15)6-4-12-5-7-16(27-19(20)21)17(8-12)26-11-13-2-3-13/h4-10,13,19H,2-3,11H2,1H3. The smallest absolute Gasteiger partial charge is 0.387 e. The Kier molecular flexibility index (Phi) is 5.95. The molecule has 6 nitrogen and oxygen atoms in total. The van der Waals surface area contributed by atoms with Crippen LogP contribution in [0.3, 0.4) is 0 Å². The number of aromatic nitrogens is 2. The number of hydrogen-bond acceptors (Lipinski definition) is 6. The van der Waals surface area contributed by atoms with Gasteiger partial charge in [0.05, 0.1) is 31.8 Å². The van der Waals surface area contributed by atoms with Crippen LogP contribution < -0.4 is 9.47 Å². The van der Waals surface area contributed by atoms with E-state index in [2.05, 4.69) is 19.4 Å². The Labute approximate surface area is 154 Å². The number of rotatable bonds is 8. The van der Waals surface area contributed by atoms with Crippen molar-refractivity contribution in [2.24, 2.45) is 5.92 Å². The van der Waals surface area contributed by atoms with E-state index < -0.39 is 12.6 Å². The molecule has 0 atom stereocenters. The molecule has 0 aliphatic heterocycles. The van der Waals surface area contributed by atoms with E-state index >= 15 is 0 Å². The highest BCUT2D eigenvalue weighted by Crippen LogP contribution is 2.34. The molecule has 1 fully saturated rings. The molecular weight excluding hydrogens is 358 g/mol. The highest BCUT2D eigenvalue weighted by atomic mass is 19.3. The summed E-state index contributed by atoms with van der Waals surface area (Å²) in [4.78, 5) is 19.6. The molecule has 1 aromatic heterocycles. The number of carbonyl (C=O) groups excluding carboxylic acids is 1. The van der Waals surface area contributed by atoms with E-state index in [1.54, 1.807) is 24.3 Å². The monoisotopic (exact) mass is 376 g/mol. The molecule has 3 rings (SSSR count). The summed E-state index contributed by atoms with van der Waals surface area (Å²) < 4.78 is 39.9. The SMILES string of the molecule is COC(=O)c1cncc(C=Cc2ccc(OC(F)F)c(OCC3CC3)c2)n1. The van der Waals surface area contributed by atoms with Crippen molar-refractivity contribution in [1.82, 2.24) is 9.97 Å². The molecule has 1 aliphatic carbocycles. The second kappa shape index (κ2) is 8.57. The molecule has 0 N–H and O–H groups in total. The first-order valence-corrected chi connectivity index (χ1v) is 8.35. The highest BCUT2D eigenvalue weighted by Gasteiger charge is 2.23. The Hall–Kier alpha value is -3.03. The van der Waals surface area contributed by atoms with E-state index in [4.69, 9.17) is 4.74 Å². The van der Waals surface area contributed by atoms with E-state index in [9.17, 15) is 13.6 Å². The molecule has 0 spiro atoms. The van der Waals surface area contributed by atoms with E-state index in [-0.39, 0.29) is 17.2 Å². The van der Waals surface area contributed by atoms with Crippen LogP contribution in [0.4, 0.5) is 8.78 Å². The zero-order chi connectivity index (χ0) is 19.2. The summed E-state index contributed by atoms with van der Waals surface area (Å²) in [6.07, 6.45) is 8.32. The molecule has 1 aromatic carbocycles. The molecule has 0 radical (unpaired) electrons. The molecule has 2 aromatic rings. The molecule has 0 unspecified atom stereocenters. The van der Waals surface area contributed by atoms with Gasteiger partial charge in [-0.1, -0.05) is 12.1 Å². The topological polar surface area (TPSA) is 70.5 Å². The number of ether oxygens (including phenoxy) is 3. The maximum Gasteiger partial charge on any atom is 0.387 e. The lowest BCUT2D eigenvalue weighted by Crippen LogP contribution is -2.06. The normalized spacial score (nSPS) is 13.8. The van der Waals surface area contributed by atoms with Crippen molar-refractivity contribution < 1.29 is 27.8 Å². The summed E-state index contributed by atoms with van der Waals surface area (Å²) in [6, 6.07) is 4.68. The fourth-order valence-corrected chi connectivity index (χ4v) is 2.27. The Morgan fingerprint density at radius 2 is 2.07 bits per heavy atom. The van der Waals surface area contributed by atoms with Crippen molar-refractivity contribution >= 4 is 18.1 Å². The van der Waals surface area contributed by atoms with Crippen LogP contribution in [0, 0.1) is 5.92 Å². The first-order chi connectivity index (χ1) is 13.0. The van der Waals surface area contributed by atoms with Gasteiger partial charge in [0.2, 0.25) is 0 Å². The van der Waals surface area contributed by atoms with E-state index in [0.29, 0.717) is 23.8 Å². The van der Waals surface area contributed by atoms with Gasteiger partial charge < -0.3 is 14.2 Å². The molecule has 1 saturated carbocycles. The Morgan fingerprint density at radius 1 is 1.26 bits per heavy atom. The van der Waals surface area contributed by atoms with Gasteiger partial charge in [-0.25, -0.2) is 9.78 Å². The third-order valence-electron chi connectivity index (χ3n) is 3.85. The van der Waals surface area contributed by atoms with E-state index in [1.807, 2.05) is 0 Å². The van der Waals surface area contributed by atoms with Crippen LogP contribution in [-0.4, -0.2) is 36.3 Å². The molecular formula is C19H18F2N2O4. The van der Waals surface area contributed by atoms with Crippen molar-refractivity contribution in [3.63, 3.8) is 0 Å². The van der Waals surface area contributed by atoms with Gasteiger partial charge in [0.25, 0.3) is 0 Å². The second-order valence-corrected chi connectivity index (χ2v) is 5.99. The van der Waals surface area contributed by atoms with Gasteiger partial charge in [0.1, 0.15) is 0 Å². The van der Waals surface area contributed by atoms with Crippen LogP contribution in [0.2, 0.25) is 0 Å². The molecule has 0 bridgehead atoms. The number of alkyl halides is 2. The molecule has 1 aliphatic rings. The lowest BCUT2D eigenvalue weighted by molar-refractivity contribution is -0.0515. The van der Waals surface area contributed by atoms with Crippen LogP contribution in [0.5, 0.6) is 11.5 Å². The third kappa shape index (κ3) is 5.47. The zero-order valence-corrected chi connectivity index (χ0v) is 14.6. The third-order valence-corrected chi connectivity index (χ3v) is 3.85. The first kappa shape index (κ1) is 18.8. The Bertz CT molecular complexity index is 838. The summed E-state index contributed by atoms with van der Waals surface area (Å²) in [5.41, 5.74) is 1.24. The fraction of sp³-hybridized carbons (Fsp3) is 0.316. The first-order valence-electron chi connectivity index (χ1n) is 8.35. The van der Waals surface area contributed by atoms with Crippen LogP contribution in [0.15, 0.2) is 30.6 Å². The molecule has 27 heavy (non-hydrogen) atoms. The van der Waals surface area contributed by atoms with Gasteiger partial charge in [0, 0.05) is 0 Å². The van der Waals surface area contributed by atoms with Crippen LogP contribution >= 0.6 is 0 Å². The van der Waals surface area contributed by atoms with Crippen molar-refractivity contribution in [3.8, 4) is 11.5 Å². The minimum absolute atomic E-state index is 0.00437. The molecule has 8 heteroatoms. The number of carbonyl (C=O) groups is 1. The van der Waals surface area contributed by atoms with Crippen LogP contribution in [0.1, 0.15) is 34.6 Å². The van der Waals surface area contributed by atoms with Gasteiger partial charge in [-0.15, -0.1) is 0 Å². The highest BCUT2D eigenvalue weighted by molar-refractivity contribution is 5.87. The van der Waals surface area contributed by atoms with Gasteiger partial charge >= 0.3 is 12.6 Å². The van der Waals surface area contributed by atoms with Gasteiger partial charge in [-0.3, -0.25) is 4.98 Å². The van der Waals surface area contributed by atoms with Gasteiger partial charge in [0.15, 0.2) is 17.2 Å². The minimum Gasteiger partial charge on any atom is -0.489 e. The average Bonchev–Trinajstić information content (AvgIpc) is 3.49. The summed E-state index contributed by atoms with van der Waals surface area (Å²) >= 11 is 0. The van der Waals surface area contributed by atoms with Crippen LogP contribution in [-0.2, 0) is 4.74 Å². The largest absolute Gasteiger partial charge is 0.489 e. The van der Waals surface area contributed by atoms with Crippen LogP contribution in [0.25, 0.3) is 12.2 Å². The number of esters is 1. The number of methoxy groups -OCH3 is 1. The maximum atomic E-state index is 12.6. The Balaban J connectivity index is 1.78. The summed E-state index contributed by atoms with van der Waals surface area (Å²) in [6.45, 7) is -2.45. The predicted octanol–water partition coefficient (Wildman–Crippen LogP) is 3.82. The van der Waals surface area contributed by atoms with Gasteiger partial charge in [-0.05, 0) is 42.5 Å². The molecule has 1 heterocycles. The molecule has 142 valence electrons. The van der Waals surface area contributed by atoms with E-state index in [1.165, 1.54) is 25.6 Å². The number of benzene rings is 1. The number of nitrogens with zero attached hydrogens (tertiary/aromatic N) is 2. The summed E-state index contributed by atoms with van der Waals surface area (Å²) in [5.74, 6) is 0.149. The minimum atomic E-state index is -2.92. The molecule has 0 amide bonds. The molecule has 0 saturated heterocycles. The maximum absolute atomic E-state index is 12.6. The average molecular weight is 376 g/mol. The second-order valence-electron chi connectivity index (χ2n) is 5.99. The number of hydrogen-bond donors (Lipinski definition) is 0.